The molecule has 2 aromatic heterocycles. The number of amides is 1. The Labute approximate surface area is 150 Å². The predicted molar refractivity (Wildman–Crippen MR) is 93.9 cm³/mol. The number of pyridine rings is 1. The number of sulfonamides is 1. The minimum atomic E-state index is -3.78. The van der Waals surface area contributed by atoms with E-state index in [4.69, 9.17) is 4.52 Å². The predicted octanol–water partition coefficient (Wildman–Crippen LogP) is 2.11. The maximum atomic E-state index is 12.5. The zero-order chi connectivity index (χ0) is 18.6. The Morgan fingerprint density at radius 1 is 1.19 bits per heavy atom. The van der Waals surface area contributed by atoms with Crippen molar-refractivity contribution in [1.29, 1.82) is 0 Å². The van der Waals surface area contributed by atoms with Crippen molar-refractivity contribution < 1.29 is 17.7 Å². The number of aromatic nitrogens is 2. The Bertz CT molecular complexity index is 1020. The molecule has 0 fully saturated rings. The van der Waals surface area contributed by atoms with Gasteiger partial charge >= 0.3 is 0 Å². The highest BCUT2D eigenvalue weighted by Gasteiger charge is 2.17. The molecule has 0 bridgehead atoms. The van der Waals surface area contributed by atoms with Crippen LogP contribution in [0.25, 0.3) is 0 Å². The molecule has 0 aliphatic heterocycles. The summed E-state index contributed by atoms with van der Waals surface area (Å²) >= 11 is 0. The van der Waals surface area contributed by atoms with E-state index >= 15 is 0 Å². The minimum Gasteiger partial charge on any atom is -0.360 e. The average Bonchev–Trinajstić information content (AvgIpc) is 3.06. The third-order valence-electron chi connectivity index (χ3n) is 3.47. The van der Waals surface area contributed by atoms with Gasteiger partial charge in [0.25, 0.3) is 5.91 Å². The Balaban J connectivity index is 1.74. The molecule has 2 N–H and O–H groups in total. The maximum absolute atomic E-state index is 12.5. The number of anilines is 1. The average molecular weight is 372 g/mol. The van der Waals surface area contributed by atoms with Crippen LogP contribution < -0.4 is 10.0 Å². The van der Waals surface area contributed by atoms with Gasteiger partial charge in [0.2, 0.25) is 10.0 Å². The summed E-state index contributed by atoms with van der Waals surface area (Å²) in [5, 5.41) is 6.22. The van der Waals surface area contributed by atoms with E-state index in [-0.39, 0.29) is 22.8 Å². The second kappa shape index (κ2) is 7.46. The van der Waals surface area contributed by atoms with Crippen LogP contribution in [0.5, 0.6) is 0 Å². The molecule has 1 aromatic carbocycles. The van der Waals surface area contributed by atoms with Crippen molar-refractivity contribution in [3.8, 4) is 0 Å². The van der Waals surface area contributed by atoms with E-state index in [1.807, 2.05) is 0 Å². The van der Waals surface area contributed by atoms with Crippen LogP contribution in [0.2, 0.25) is 0 Å². The summed E-state index contributed by atoms with van der Waals surface area (Å²) < 4.78 is 32.3. The van der Waals surface area contributed by atoms with E-state index in [9.17, 15) is 13.2 Å². The molecule has 3 rings (SSSR count). The van der Waals surface area contributed by atoms with Crippen molar-refractivity contribution in [3.05, 3.63) is 71.7 Å². The molecule has 0 spiro atoms. The van der Waals surface area contributed by atoms with Gasteiger partial charge in [0.05, 0.1) is 4.90 Å². The van der Waals surface area contributed by atoms with Crippen LogP contribution in [0, 0.1) is 6.92 Å². The lowest BCUT2D eigenvalue weighted by Crippen LogP contribution is -2.23. The Kier molecular flexibility index (Phi) is 5.10. The highest BCUT2D eigenvalue weighted by atomic mass is 32.2. The fourth-order valence-electron chi connectivity index (χ4n) is 2.18. The van der Waals surface area contributed by atoms with E-state index in [2.05, 4.69) is 20.2 Å². The molecular formula is C17H16N4O4S. The summed E-state index contributed by atoms with van der Waals surface area (Å²) in [4.78, 5) is 16.2. The van der Waals surface area contributed by atoms with Crippen molar-refractivity contribution in [2.45, 2.75) is 18.4 Å². The first-order valence-electron chi connectivity index (χ1n) is 7.67. The van der Waals surface area contributed by atoms with E-state index in [1.54, 1.807) is 37.5 Å². The molecule has 3 aromatic rings. The lowest BCUT2D eigenvalue weighted by atomic mass is 10.2. The van der Waals surface area contributed by atoms with Gasteiger partial charge in [-0.2, -0.15) is 0 Å². The first kappa shape index (κ1) is 17.8. The lowest BCUT2D eigenvalue weighted by molar-refractivity contribution is 0.102. The maximum Gasteiger partial charge on any atom is 0.256 e. The quantitative estimate of drug-likeness (QED) is 0.685. The smallest absolute Gasteiger partial charge is 0.256 e. The topological polar surface area (TPSA) is 114 Å². The first-order chi connectivity index (χ1) is 12.4. The van der Waals surface area contributed by atoms with Crippen LogP contribution in [-0.4, -0.2) is 24.5 Å². The van der Waals surface area contributed by atoms with Gasteiger partial charge in [0.15, 0.2) is 5.82 Å². The second-order valence-corrected chi connectivity index (χ2v) is 7.26. The number of nitrogens with one attached hydrogen (secondary N) is 2. The zero-order valence-corrected chi connectivity index (χ0v) is 14.7. The van der Waals surface area contributed by atoms with E-state index in [0.717, 1.165) is 5.56 Å². The largest absolute Gasteiger partial charge is 0.360 e. The highest BCUT2D eigenvalue weighted by Crippen LogP contribution is 2.14. The van der Waals surface area contributed by atoms with Gasteiger partial charge in [-0.3, -0.25) is 9.78 Å². The van der Waals surface area contributed by atoms with Gasteiger partial charge in [-0.25, -0.2) is 13.1 Å². The van der Waals surface area contributed by atoms with E-state index in [0.29, 0.717) is 5.76 Å². The number of carbonyl (C=O) groups is 1. The van der Waals surface area contributed by atoms with Crippen LogP contribution in [0.3, 0.4) is 0 Å². The highest BCUT2D eigenvalue weighted by molar-refractivity contribution is 7.89. The molecule has 0 saturated heterocycles. The van der Waals surface area contributed by atoms with Gasteiger partial charge < -0.3 is 9.84 Å². The molecule has 0 unspecified atom stereocenters. The van der Waals surface area contributed by atoms with Crippen molar-refractivity contribution in [2.24, 2.45) is 0 Å². The summed E-state index contributed by atoms with van der Waals surface area (Å²) in [5.41, 5.74) is 0.918. The van der Waals surface area contributed by atoms with Gasteiger partial charge in [-0.05, 0) is 36.8 Å². The van der Waals surface area contributed by atoms with Gasteiger partial charge in [-0.15, -0.1) is 0 Å². The number of nitrogens with zero attached hydrogens (tertiary/aromatic N) is 2. The van der Waals surface area contributed by atoms with Crippen LogP contribution in [0.4, 0.5) is 5.82 Å². The normalized spacial score (nSPS) is 11.3. The number of hydrogen-bond acceptors (Lipinski definition) is 6. The molecule has 8 nitrogen and oxygen atoms in total. The molecule has 26 heavy (non-hydrogen) atoms. The second-order valence-electron chi connectivity index (χ2n) is 5.49. The summed E-state index contributed by atoms with van der Waals surface area (Å²) in [6.07, 6.45) is 3.18. The monoisotopic (exact) mass is 372 g/mol. The number of benzene rings is 1. The SMILES string of the molecule is Cc1cc(NC(=O)c2cccc(S(=O)(=O)NCc3cccnc3)c2)no1. The van der Waals surface area contributed by atoms with Crippen molar-refractivity contribution in [1.82, 2.24) is 14.9 Å². The Morgan fingerprint density at radius 2 is 2.04 bits per heavy atom. The molecule has 134 valence electrons. The van der Waals surface area contributed by atoms with Crippen molar-refractivity contribution in [3.63, 3.8) is 0 Å². The Hall–Kier alpha value is -3.04. The van der Waals surface area contributed by atoms with Crippen LogP contribution >= 0.6 is 0 Å². The molecule has 1 amide bonds. The van der Waals surface area contributed by atoms with E-state index in [1.165, 1.54) is 24.3 Å². The molecule has 2 heterocycles. The standard InChI is InChI=1S/C17H16N4O4S/c1-12-8-16(21-25-12)20-17(22)14-5-2-6-15(9-14)26(23,24)19-11-13-4-3-7-18-10-13/h2-10,19H,11H2,1H3,(H,20,21,22). The zero-order valence-electron chi connectivity index (χ0n) is 13.8. The van der Waals surface area contributed by atoms with Gasteiger partial charge in [0.1, 0.15) is 5.76 Å². The minimum absolute atomic E-state index is 0.00891. The summed E-state index contributed by atoms with van der Waals surface area (Å²) in [6, 6.07) is 10.8. The molecule has 0 saturated carbocycles. The van der Waals surface area contributed by atoms with E-state index < -0.39 is 15.9 Å². The van der Waals surface area contributed by atoms with Crippen molar-refractivity contribution in [2.75, 3.05) is 5.32 Å². The third kappa shape index (κ3) is 4.32. The van der Waals surface area contributed by atoms with Gasteiger partial charge in [0, 0.05) is 30.6 Å². The van der Waals surface area contributed by atoms with Crippen LogP contribution in [0.1, 0.15) is 21.7 Å². The van der Waals surface area contributed by atoms with Gasteiger partial charge in [-0.1, -0.05) is 17.3 Å². The van der Waals surface area contributed by atoms with Crippen LogP contribution in [-0.2, 0) is 16.6 Å². The number of carbonyl (C=O) groups excluding carboxylic acids is 1. The fraction of sp³-hybridized carbons (Fsp3) is 0.118. The molecule has 0 aliphatic carbocycles. The molecular weight excluding hydrogens is 356 g/mol. The third-order valence-corrected chi connectivity index (χ3v) is 4.86. The molecule has 0 radical (unpaired) electrons. The number of rotatable bonds is 6. The molecule has 0 atom stereocenters. The summed E-state index contributed by atoms with van der Waals surface area (Å²) in [5.74, 6) is 0.328. The summed E-state index contributed by atoms with van der Waals surface area (Å²) in [7, 11) is -3.78. The van der Waals surface area contributed by atoms with Crippen LogP contribution in [0.15, 0.2) is 64.3 Å². The summed E-state index contributed by atoms with van der Waals surface area (Å²) in [6.45, 7) is 1.80. The fourth-order valence-corrected chi connectivity index (χ4v) is 3.25. The first-order valence-corrected chi connectivity index (χ1v) is 9.16. The lowest BCUT2D eigenvalue weighted by Gasteiger charge is -2.08. The molecule has 0 aliphatic rings. The molecule has 9 heteroatoms. The number of hydrogen-bond donors (Lipinski definition) is 2. The Morgan fingerprint density at radius 3 is 2.73 bits per heavy atom. The van der Waals surface area contributed by atoms with Crippen molar-refractivity contribution >= 4 is 21.7 Å². The number of aryl methyl sites for hydroxylation is 1.